The zero-order valence-corrected chi connectivity index (χ0v) is 20.1. The van der Waals surface area contributed by atoms with E-state index in [0.29, 0.717) is 11.8 Å². The molecular weight excluding hydrogens is 400 g/mol. The van der Waals surface area contributed by atoms with Crippen molar-refractivity contribution in [3.05, 3.63) is 114 Å². The normalized spacial score (nSPS) is 11.7. The van der Waals surface area contributed by atoms with Crippen molar-refractivity contribution in [1.29, 1.82) is 0 Å². The van der Waals surface area contributed by atoms with Gasteiger partial charge in [-0.15, -0.1) is 0 Å². The van der Waals surface area contributed by atoms with Crippen LogP contribution in [0.4, 0.5) is 5.69 Å². The summed E-state index contributed by atoms with van der Waals surface area (Å²) in [5.41, 5.74) is 13.7. The molecule has 2 N–H and O–H groups in total. The molecule has 0 aliphatic rings. The van der Waals surface area contributed by atoms with E-state index in [9.17, 15) is 0 Å². The Hall–Kier alpha value is -3.52. The van der Waals surface area contributed by atoms with Crippen molar-refractivity contribution in [3.63, 3.8) is 0 Å². The van der Waals surface area contributed by atoms with Crippen LogP contribution in [0.3, 0.4) is 0 Å². The molecule has 33 heavy (non-hydrogen) atoms. The number of nitrogens with two attached hydrogens (primary N) is 1. The lowest BCUT2D eigenvalue weighted by Gasteiger charge is -2.30. The Morgan fingerprint density at radius 2 is 1.30 bits per heavy atom. The van der Waals surface area contributed by atoms with E-state index in [-0.39, 0.29) is 0 Å². The predicted molar refractivity (Wildman–Crippen MR) is 144 cm³/mol. The molecule has 0 radical (unpaired) electrons. The molecule has 0 unspecified atom stereocenters. The molecule has 4 aromatic carbocycles. The van der Waals surface area contributed by atoms with E-state index in [4.69, 9.17) is 5.73 Å². The van der Waals surface area contributed by atoms with Crippen molar-refractivity contribution in [2.75, 3.05) is 4.90 Å². The zero-order chi connectivity index (χ0) is 23.4. The SMILES string of the molecule is CC(C)c1cc(-c2ccc3ccccc3c2)cc(C(C)C)c1N(/C=C\N)Cc1ccccc1. The summed E-state index contributed by atoms with van der Waals surface area (Å²) in [5, 5.41) is 2.54. The van der Waals surface area contributed by atoms with Crippen LogP contribution in [0, 0.1) is 0 Å². The molecule has 168 valence electrons. The molecular formula is C31H34N2. The van der Waals surface area contributed by atoms with E-state index < -0.39 is 0 Å². The smallest absolute Gasteiger partial charge is 0.0480 e. The lowest BCUT2D eigenvalue weighted by molar-refractivity contribution is 0.811. The molecule has 0 bridgehead atoms. The van der Waals surface area contributed by atoms with Gasteiger partial charge in [-0.1, -0.05) is 94.4 Å². The molecule has 0 aromatic heterocycles. The standard InChI is InChI=1S/C31H34N2/c1-22(2)29-19-28(27-15-14-25-12-8-9-13-26(25)18-27)20-30(23(3)4)31(29)33(17-16-32)21-24-10-6-5-7-11-24/h5-20,22-23H,21,32H2,1-4H3/b17-16-. The van der Waals surface area contributed by atoms with Gasteiger partial charge in [-0.05, 0) is 68.6 Å². The monoisotopic (exact) mass is 434 g/mol. The largest absolute Gasteiger partial charge is 0.403 e. The molecule has 0 spiro atoms. The van der Waals surface area contributed by atoms with Crippen LogP contribution >= 0.6 is 0 Å². The van der Waals surface area contributed by atoms with Crippen LogP contribution in [-0.4, -0.2) is 0 Å². The van der Waals surface area contributed by atoms with Gasteiger partial charge in [0.05, 0.1) is 0 Å². The predicted octanol–water partition coefficient (Wildman–Crippen LogP) is 8.19. The highest BCUT2D eigenvalue weighted by atomic mass is 15.1. The summed E-state index contributed by atoms with van der Waals surface area (Å²) < 4.78 is 0. The Balaban J connectivity index is 1.89. The Labute approximate surface area is 198 Å². The van der Waals surface area contributed by atoms with Gasteiger partial charge in [0.25, 0.3) is 0 Å². The molecule has 4 rings (SSSR count). The van der Waals surface area contributed by atoms with Gasteiger partial charge in [0.15, 0.2) is 0 Å². The second-order valence-electron chi connectivity index (χ2n) is 9.33. The molecule has 0 aliphatic carbocycles. The summed E-state index contributed by atoms with van der Waals surface area (Å²) >= 11 is 0. The Morgan fingerprint density at radius 1 is 0.697 bits per heavy atom. The maximum atomic E-state index is 5.92. The first kappa shape index (κ1) is 22.7. The Bertz CT molecular complexity index is 1220. The minimum atomic E-state index is 0.377. The Kier molecular flexibility index (Phi) is 6.84. The molecule has 0 saturated carbocycles. The fraction of sp³-hybridized carbons (Fsp3) is 0.226. The van der Waals surface area contributed by atoms with E-state index >= 15 is 0 Å². The van der Waals surface area contributed by atoms with Crippen LogP contribution in [0.5, 0.6) is 0 Å². The number of benzene rings is 4. The first-order valence-electron chi connectivity index (χ1n) is 11.8. The number of rotatable bonds is 7. The van der Waals surface area contributed by atoms with Crippen LogP contribution in [0.25, 0.3) is 21.9 Å². The minimum absolute atomic E-state index is 0.377. The van der Waals surface area contributed by atoms with Crippen molar-refractivity contribution >= 4 is 16.5 Å². The van der Waals surface area contributed by atoms with Crippen LogP contribution in [0.1, 0.15) is 56.2 Å². The highest BCUT2D eigenvalue weighted by Gasteiger charge is 2.21. The molecule has 0 fully saturated rings. The number of hydrogen-bond acceptors (Lipinski definition) is 2. The highest BCUT2D eigenvalue weighted by molar-refractivity contribution is 5.88. The summed E-state index contributed by atoms with van der Waals surface area (Å²) in [6.45, 7) is 9.89. The van der Waals surface area contributed by atoms with Crippen molar-refractivity contribution in [1.82, 2.24) is 0 Å². The van der Waals surface area contributed by atoms with Crippen LogP contribution in [0.15, 0.2) is 97.3 Å². The summed E-state index contributed by atoms with van der Waals surface area (Å²) in [6.07, 6.45) is 3.66. The van der Waals surface area contributed by atoms with E-state index in [1.807, 2.05) is 6.20 Å². The molecule has 2 heteroatoms. The van der Waals surface area contributed by atoms with Crippen molar-refractivity contribution < 1.29 is 0 Å². The zero-order valence-electron chi connectivity index (χ0n) is 20.1. The summed E-state index contributed by atoms with van der Waals surface area (Å²) in [6, 6.07) is 30.7. The summed E-state index contributed by atoms with van der Waals surface area (Å²) in [5.74, 6) is 0.754. The van der Waals surface area contributed by atoms with Crippen molar-refractivity contribution in [2.45, 2.75) is 46.1 Å². The first-order valence-corrected chi connectivity index (χ1v) is 11.8. The van der Waals surface area contributed by atoms with Gasteiger partial charge >= 0.3 is 0 Å². The van der Waals surface area contributed by atoms with Gasteiger partial charge in [-0.2, -0.15) is 0 Å². The fourth-order valence-electron chi connectivity index (χ4n) is 4.52. The average Bonchev–Trinajstić information content (AvgIpc) is 2.83. The third-order valence-electron chi connectivity index (χ3n) is 6.24. The van der Waals surface area contributed by atoms with Gasteiger partial charge < -0.3 is 10.6 Å². The van der Waals surface area contributed by atoms with Crippen LogP contribution < -0.4 is 10.6 Å². The lowest BCUT2D eigenvalue weighted by Crippen LogP contribution is -2.20. The topological polar surface area (TPSA) is 29.3 Å². The Morgan fingerprint density at radius 3 is 1.91 bits per heavy atom. The quantitative estimate of drug-likeness (QED) is 0.318. The second kappa shape index (κ2) is 9.95. The molecule has 0 saturated heterocycles. The second-order valence-corrected chi connectivity index (χ2v) is 9.33. The number of hydrogen-bond donors (Lipinski definition) is 1. The number of anilines is 1. The lowest BCUT2D eigenvalue weighted by atomic mass is 9.87. The molecule has 2 nitrogen and oxygen atoms in total. The number of fused-ring (bicyclic) bond motifs is 1. The van der Waals surface area contributed by atoms with Crippen LogP contribution in [0.2, 0.25) is 0 Å². The summed E-state index contributed by atoms with van der Waals surface area (Å²) in [7, 11) is 0. The van der Waals surface area contributed by atoms with E-state index in [2.05, 4.69) is 118 Å². The van der Waals surface area contributed by atoms with Crippen molar-refractivity contribution in [2.24, 2.45) is 5.73 Å². The maximum Gasteiger partial charge on any atom is 0.0480 e. The van der Waals surface area contributed by atoms with Gasteiger partial charge in [0.1, 0.15) is 0 Å². The van der Waals surface area contributed by atoms with Gasteiger partial charge in [0.2, 0.25) is 0 Å². The van der Waals surface area contributed by atoms with E-state index in [1.165, 1.54) is 44.3 Å². The van der Waals surface area contributed by atoms with E-state index in [1.54, 1.807) is 6.20 Å². The van der Waals surface area contributed by atoms with Gasteiger partial charge in [-0.3, -0.25) is 0 Å². The van der Waals surface area contributed by atoms with Gasteiger partial charge in [0, 0.05) is 24.6 Å². The number of nitrogens with zero attached hydrogens (tertiary/aromatic N) is 1. The third kappa shape index (κ3) is 4.96. The molecule has 0 atom stereocenters. The maximum absolute atomic E-state index is 5.92. The third-order valence-corrected chi connectivity index (χ3v) is 6.24. The summed E-state index contributed by atoms with van der Waals surface area (Å²) in [4.78, 5) is 2.31. The minimum Gasteiger partial charge on any atom is -0.403 e. The average molecular weight is 435 g/mol. The molecule has 0 aliphatic heterocycles. The first-order chi connectivity index (χ1) is 16.0. The highest BCUT2D eigenvalue weighted by Crippen LogP contribution is 2.40. The van der Waals surface area contributed by atoms with Gasteiger partial charge in [-0.25, -0.2) is 0 Å². The molecule has 4 aromatic rings. The molecule has 0 heterocycles. The van der Waals surface area contributed by atoms with Crippen LogP contribution in [-0.2, 0) is 6.54 Å². The molecule has 0 amide bonds. The van der Waals surface area contributed by atoms with Crippen molar-refractivity contribution in [3.8, 4) is 11.1 Å². The fourth-order valence-corrected chi connectivity index (χ4v) is 4.52. The van der Waals surface area contributed by atoms with E-state index in [0.717, 1.165) is 6.54 Å².